The average molecular weight is 438 g/mol. The van der Waals surface area contributed by atoms with Crippen molar-refractivity contribution in [2.24, 2.45) is 0 Å². The van der Waals surface area contributed by atoms with Crippen LogP contribution in [-0.4, -0.2) is 8.42 Å². The molecule has 0 saturated carbocycles. The van der Waals surface area contributed by atoms with Gasteiger partial charge in [-0.3, -0.25) is 4.72 Å². The molecule has 0 spiro atoms. The minimum absolute atomic E-state index is 0.283. The van der Waals surface area contributed by atoms with Gasteiger partial charge >= 0.3 is 12.4 Å². The van der Waals surface area contributed by atoms with E-state index in [-0.39, 0.29) is 6.07 Å². The Kier molecular flexibility index (Phi) is 5.42. The van der Waals surface area contributed by atoms with Gasteiger partial charge in [-0.1, -0.05) is 23.2 Å². The van der Waals surface area contributed by atoms with E-state index in [1.165, 1.54) is 0 Å². The molecule has 0 atom stereocenters. The van der Waals surface area contributed by atoms with E-state index in [9.17, 15) is 34.8 Å². The van der Waals surface area contributed by atoms with Crippen molar-refractivity contribution in [3.05, 3.63) is 57.6 Å². The van der Waals surface area contributed by atoms with Crippen molar-refractivity contribution in [1.82, 2.24) is 0 Å². The maximum absolute atomic E-state index is 12.8. The first-order chi connectivity index (χ1) is 11.7. The lowest BCUT2D eigenvalue weighted by atomic mass is 10.2. The standard InChI is InChI=1S/C14H7Cl2F6NO2S/c15-11-3-1-7(5-9(11)13(17,18)19)23-26(24,25)8-2-4-12(16)10(6-8)14(20,21)22/h1-6,23H. The van der Waals surface area contributed by atoms with Crippen molar-refractivity contribution in [2.45, 2.75) is 17.2 Å². The highest BCUT2D eigenvalue weighted by Crippen LogP contribution is 2.38. The maximum atomic E-state index is 12.8. The van der Waals surface area contributed by atoms with Crippen LogP contribution < -0.4 is 4.72 Å². The monoisotopic (exact) mass is 437 g/mol. The maximum Gasteiger partial charge on any atom is 0.417 e. The van der Waals surface area contributed by atoms with Gasteiger partial charge in [-0.05, 0) is 36.4 Å². The third-order valence-electron chi connectivity index (χ3n) is 3.08. The molecule has 3 nitrogen and oxygen atoms in total. The summed E-state index contributed by atoms with van der Waals surface area (Å²) in [6.07, 6.45) is -9.76. The predicted molar refractivity (Wildman–Crippen MR) is 83.7 cm³/mol. The number of sulfonamides is 1. The van der Waals surface area contributed by atoms with E-state index >= 15 is 0 Å². The van der Waals surface area contributed by atoms with E-state index in [1.807, 2.05) is 0 Å². The molecule has 0 radical (unpaired) electrons. The van der Waals surface area contributed by atoms with E-state index < -0.39 is 54.1 Å². The lowest BCUT2D eigenvalue weighted by molar-refractivity contribution is -0.138. The zero-order valence-electron chi connectivity index (χ0n) is 12.2. The van der Waals surface area contributed by atoms with Crippen LogP contribution in [0.2, 0.25) is 10.0 Å². The summed E-state index contributed by atoms with van der Waals surface area (Å²) in [6, 6.07) is 3.98. The second-order valence-electron chi connectivity index (χ2n) is 4.94. The largest absolute Gasteiger partial charge is 0.417 e. The van der Waals surface area contributed by atoms with Crippen molar-refractivity contribution >= 4 is 38.9 Å². The smallest absolute Gasteiger partial charge is 0.280 e. The Bertz CT molecular complexity index is 941. The van der Waals surface area contributed by atoms with Crippen LogP contribution in [0, 0.1) is 0 Å². The molecule has 0 saturated heterocycles. The van der Waals surface area contributed by atoms with Crippen molar-refractivity contribution in [2.75, 3.05) is 4.72 Å². The van der Waals surface area contributed by atoms with Crippen LogP contribution in [0.4, 0.5) is 32.0 Å². The molecule has 2 rings (SSSR count). The minimum atomic E-state index is -4.91. The first-order valence-corrected chi connectivity index (χ1v) is 8.72. The molecule has 1 N–H and O–H groups in total. The molecule has 26 heavy (non-hydrogen) atoms. The second-order valence-corrected chi connectivity index (χ2v) is 7.43. The van der Waals surface area contributed by atoms with Crippen LogP contribution in [0.25, 0.3) is 0 Å². The fraction of sp³-hybridized carbons (Fsp3) is 0.143. The number of nitrogens with one attached hydrogen (secondary N) is 1. The number of rotatable bonds is 3. The highest BCUT2D eigenvalue weighted by molar-refractivity contribution is 7.92. The predicted octanol–water partition coefficient (Wildman–Crippen LogP) is 5.83. The van der Waals surface area contributed by atoms with Crippen LogP contribution in [0.15, 0.2) is 41.3 Å². The van der Waals surface area contributed by atoms with Gasteiger partial charge < -0.3 is 0 Å². The molecule has 0 bridgehead atoms. The average Bonchev–Trinajstić information content (AvgIpc) is 2.47. The molecule has 0 aliphatic carbocycles. The lowest BCUT2D eigenvalue weighted by Crippen LogP contribution is -2.16. The Labute approximate surface area is 153 Å². The number of hydrogen-bond acceptors (Lipinski definition) is 2. The Hall–Kier alpha value is -1.65. The van der Waals surface area contributed by atoms with Crippen molar-refractivity contribution in [1.29, 1.82) is 0 Å². The Balaban J connectivity index is 2.45. The van der Waals surface area contributed by atoms with Gasteiger partial charge in [0.15, 0.2) is 0 Å². The highest BCUT2D eigenvalue weighted by atomic mass is 35.5. The molecule has 0 amide bonds. The van der Waals surface area contributed by atoms with E-state index in [0.29, 0.717) is 6.07 Å². The highest BCUT2D eigenvalue weighted by Gasteiger charge is 2.35. The summed E-state index contributed by atoms with van der Waals surface area (Å²) in [5, 5.41) is -1.38. The van der Waals surface area contributed by atoms with Crippen molar-refractivity contribution in [3.63, 3.8) is 0 Å². The third kappa shape index (κ3) is 4.54. The van der Waals surface area contributed by atoms with Gasteiger partial charge in [0, 0.05) is 5.69 Å². The van der Waals surface area contributed by atoms with Gasteiger partial charge in [-0.25, -0.2) is 8.42 Å². The first kappa shape index (κ1) is 20.7. The van der Waals surface area contributed by atoms with E-state index in [2.05, 4.69) is 0 Å². The summed E-state index contributed by atoms with van der Waals surface area (Å²) in [6.45, 7) is 0. The molecule has 0 aromatic heterocycles. The summed E-state index contributed by atoms with van der Waals surface area (Å²) in [5.41, 5.74) is -3.22. The topological polar surface area (TPSA) is 46.2 Å². The van der Waals surface area contributed by atoms with E-state index in [0.717, 1.165) is 24.3 Å². The van der Waals surface area contributed by atoms with Crippen LogP contribution in [-0.2, 0) is 22.4 Å². The first-order valence-electron chi connectivity index (χ1n) is 6.48. The van der Waals surface area contributed by atoms with Gasteiger partial charge in [0.05, 0.1) is 26.1 Å². The molecule has 2 aromatic rings. The number of anilines is 1. The van der Waals surface area contributed by atoms with Gasteiger partial charge in [0.1, 0.15) is 0 Å². The zero-order valence-corrected chi connectivity index (χ0v) is 14.5. The molecular formula is C14H7Cl2F6NO2S. The number of hydrogen-bond donors (Lipinski definition) is 1. The van der Waals surface area contributed by atoms with Crippen molar-refractivity contribution in [3.8, 4) is 0 Å². The molecule has 0 aliphatic rings. The Morgan fingerprint density at radius 2 is 1.23 bits per heavy atom. The molecule has 2 aromatic carbocycles. The van der Waals surface area contributed by atoms with Gasteiger partial charge in [0.2, 0.25) is 0 Å². The van der Waals surface area contributed by atoms with Crippen LogP contribution >= 0.6 is 23.2 Å². The van der Waals surface area contributed by atoms with E-state index in [1.54, 1.807) is 4.72 Å². The normalized spacial score (nSPS) is 12.9. The fourth-order valence-corrected chi connectivity index (χ4v) is 3.43. The molecule has 12 heteroatoms. The summed E-state index contributed by atoms with van der Waals surface area (Å²) in [4.78, 5) is -0.822. The van der Waals surface area contributed by atoms with Crippen LogP contribution in [0.5, 0.6) is 0 Å². The molecule has 0 aliphatic heterocycles. The van der Waals surface area contributed by atoms with Gasteiger partial charge in [-0.2, -0.15) is 26.3 Å². The van der Waals surface area contributed by atoms with E-state index in [4.69, 9.17) is 23.2 Å². The second kappa shape index (κ2) is 6.82. The zero-order chi connectivity index (χ0) is 19.9. The number of alkyl halides is 6. The molecule has 0 unspecified atom stereocenters. The molecular weight excluding hydrogens is 431 g/mol. The fourth-order valence-electron chi connectivity index (χ4n) is 1.91. The summed E-state index contributed by atoms with van der Waals surface area (Å²) in [5.74, 6) is 0. The van der Waals surface area contributed by atoms with Crippen molar-refractivity contribution < 1.29 is 34.8 Å². The Morgan fingerprint density at radius 1 is 0.769 bits per heavy atom. The van der Waals surface area contributed by atoms with Gasteiger partial charge in [0.25, 0.3) is 10.0 Å². The molecule has 0 heterocycles. The summed E-state index contributed by atoms with van der Waals surface area (Å²) < 4.78 is 103. The minimum Gasteiger partial charge on any atom is -0.280 e. The molecule has 0 fully saturated rings. The van der Waals surface area contributed by atoms with Crippen LogP contribution in [0.1, 0.15) is 11.1 Å². The number of benzene rings is 2. The third-order valence-corrected chi connectivity index (χ3v) is 5.12. The summed E-state index contributed by atoms with van der Waals surface area (Å²) in [7, 11) is -4.61. The summed E-state index contributed by atoms with van der Waals surface area (Å²) >= 11 is 10.8. The Morgan fingerprint density at radius 3 is 1.73 bits per heavy atom. The lowest BCUT2D eigenvalue weighted by Gasteiger charge is -2.14. The number of halogens is 8. The van der Waals surface area contributed by atoms with Crippen LogP contribution in [0.3, 0.4) is 0 Å². The van der Waals surface area contributed by atoms with Gasteiger partial charge in [-0.15, -0.1) is 0 Å². The molecule has 142 valence electrons. The SMILES string of the molecule is O=S(=O)(Nc1ccc(Cl)c(C(F)(F)F)c1)c1ccc(Cl)c(C(F)(F)F)c1. The quantitative estimate of drug-likeness (QED) is 0.613.